The number of likely N-dealkylation sites (N-methyl/N-ethyl adjacent to an activating group) is 1. The van der Waals surface area contributed by atoms with Gasteiger partial charge in [-0.05, 0) is 49.7 Å². The number of alkyl halides is 3. The molecule has 1 aromatic heterocycles. The molecule has 1 N–H and O–H groups in total. The maximum Gasteiger partial charge on any atom is 0.417 e. The van der Waals surface area contributed by atoms with Gasteiger partial charge in [-0.3, -0.25) is 9.69 Å². The predicted octanol–water partition coefficient (Wildman–Crippen LogP) is 5.66. The summed E-state index contributed by atoms with van der Waals surface area (Å²) >= 11 is 0. The lowest BCUT2D eigenvalue weighted by Crippen LogP contribution is -2.33. The number of aromatic nitrogens is 1. The molecule has 35 heavy (non-hydrogen) atoms. The zero-order valence-electron chi connectivity index (χ0n) is 19.7. The largest absolute Gasteiger partial charge is 0.443 e. The summed E-state index contributed by atoms with van der Waals surface area (Å²) in [5, 5.41) is 0.757. The van der Waals surface area contributed by atoms with Gasteiger partial charge in [-0.1, -0.05) is 44.0 Å². The summed E-state index contributed by atoms with van der Waals surface area (Å²) in [5.41, 5.74) is -0.868. The maximum atomic E-state index is 13.5. The third-order valence-corrected chi connectivity index (χ3v) is 6.20. The molecule has 0 radical (unpaired) electrons. The molecule has 0 bridgehead atoms. The van der Waals surface area contributed by atoms with Gasteiger partial charge in [-0.25, -0.2) is 4.79 Å². The van der Waals surface area contributed by atoms with Crippen molar-refractivity contribution in [2.45, 2.75) is 38.5 Å². The minimum Gasteiger partial charge on any atom is -0.443 e. The molecule has 1 aliphatic heterocycles. The number of hydrogen-bond acceptors (Lipinski definition) is 4. The maximum absolute atomic E-state index is 13.5. The zero-order valence-corrected chi connectivity index (χ0v) is 19.7. The van der Waals surface area contributed by atoms with Crippen LogP contribution in [0, 0.1) is 0 Å². The summed E-state index contributed by atoms with van der Waals surface area (Å²) < 4.78 is 45.9. The van der Waals surface area contributed by atoms with Gasteiger partial charge in [0, 0.05) is 28.9 Å². The summed E-state index contributed by atoms with van der Waals surface area (Å²) in [6.45, 7) is 4.04. The Balaban J connectivity index is 1.57. The number of pyridine rings is 1. The van der Waals surface area contributed by atoms with E-state index >= 15 is 0 Å². The fourth-order valence-corrected chi connectivity index (χ4v) is 4.42. The van der Waals surface area contributed by atoms with Crippen LogP contribution in [0.1, 0.15) is 31.7 Å². The molecule has 3 aromatic rings. The van der Waals surface area contributed by atoms with E-state index in [0.717, 1.165) is 31.9 Å². The molecular weight excluding hydrogens is 459 g/mol. The number of benzene rings is 2. The van der Waals surface area contributed by atoms with E-state index in [-0.39, 0.29) is 22.7 Å². The molecule has 186 valence electrons. The standard InChI is InChI=1S/C26H28F3N3O3/c1-3-4-7-12-31(2)15-19-16-32(25(34)35-19)18-11-10-17-13-23(30-24(33)21(17)14-18)20-8-5-6-9-22(20)26(27,28)29/h5-6,8-11,13-14,19H,3-4,7,12,15-16H2,1-2H3,(H,30,33)/t19-/m0/s1. The van der Waals surface area contributed by atoms with Crippen LogP contribution in [0.4, 0.5) is 23.7 Å². The lowest BCUT2D eigenvalue weighted by atomic mass is 10.0. The number of ether oxygens (including phenoxy) is 1. The predicted molar refractivity (Wildman–Crippen MR) is 130 cm³/mol. The Bertz CT molecular complexity index is 1270. The summed E-state index contributed by atoms with van der Waals surface area (Å²) in [4.78, 5) is 31.5. The molecule has 4 rings (SSSR count). The second-order valence-electron chi connectivity index (χ2n) is 8.91. The summed E-state index contributed by atoms with van der Waals surface area (Å²) in [7, 11) is 2.00. The van der Waals surface area contributed by atoms with Gasteiger partial charge in [0.15, 0.2) is 0 Å². The molecule has 2 aromatic carbocycles. The van der Waals surface area contributed by atoms with Crippen LogP contribution in [0.3, 0.4) is 0 Å². The van der Waals surface area contributed by atoms with Crippen LogP contribution in [-0.4, -0.2) is 48.8 Å². The lowest BCUT2D eigenvalue weighted by molar-refractivity contribution is -0.137. The third-order valence-electron chi connectivity index (χ3n) is 6.20. The van der Waals surface area contributed by atoms with Gasteiger partial charge in [-0.2, -0.15) is 13.2 Å². The first kappa shape index (κ1) is 24.8. The van der Waals surface area contributed by atoms with Crippen molar-refractivity contribution in [3.8, 4) is 11.3 Å². The van der Waals surface area contributed by atoms with Crippen molar-refractivity contribution in [3.63, 3.8) is 0 Å². The van der Waals surface area contributed by atoms with Gasteiger partial charge in [-0.15, -0.1) is 0 Å². The van der Waals surface area contributed by atoms with Gasteiger partial charge in [0.1, 0.15) is 6.10 Å². The topological polar surface area (TPSA) is 65.6 Å². The molecule has 1 saturated heterocycles. The van der Waals surface area contributed by atoms with E-state index in [9.17, 15) is 22.8 Å². The fourth-order valence-electron chi connectivity index (χ4n) is 4.42. The van der Waals surface area contributed by atoms with Crippen LogP contribution in [0.5, 0.6) is 0 Å². The molecule has 1 fully saturated rings. The van der Waals surface area contributed by atoms with Crippen LogP contribution in [0.2, 0.25) is 0 Å². The van der Waals surface area contributed by atoms with E-state index in [1.807, 2.05) is 7.05 Å². The number of nitrogens with zero attached hydrogens (tertiary/aromatic N) is 2. The molecule has 6 nitrogen and oxygen atoms in total. The molecule has 0 aliphatic carbocycles. The summed E-state index contributed by atoms with van der Waals surface area (Å²) in [6, 6.07) is 11.5. The molecule has 9 heteroatoms. The number of nitrogens with one attached hydrogen (secondary N) is 1. The van der Waals surface area contributed by atoms with Gasteiger partial charge in [0.05, 0.1) is 12.1 Å². The van der Waals surface area contributed by atoms with Crippen molar-refractivity contribution in [1.29, 1.82) is 0 Å². The highest BCUT2D eigenvalue weighted by molar-refractivity contribution is 5.94. The van der Waals surface area contributed by atoms with Crippen molar-refractivity contribution >= 4 is 22.6 Å². The number of rotatable bonds is 8. The SMILES string of the molecule is CCCCCN(C)C[C@H]1CN(c2ccc3cc(-c4ccccc4C(F)(F)F)[nH]c(=O)c3c2)C(=O)O1. The normalized spacial score (nSPS) is 16.3. The number of H-pyrrole nitrogens is 1. The number of cyclic esters (lactones) is 1. The number of aromatic amines is 1. The molecule has 0 spiro atoms. The quantitative estimate of drug-likeness (QED) is 0.417. The van der Waals surface area contributed by atoms with Gasteiger partial charge in [0.2, 0.25) is 0 Å². The Labute approximate surface area is 201 Å². The number of carbonyl (C=O) groups is 1. The number of amides is 1. The highest BCUT2D eigenvalue weighted by Gasteiger charge is 2.34. The Morgan fingerprint density at radius 2 is 1.89 bits per heavy atom. The number of unbranched alkanes of at least 4 members (excludes halogenated alkanes) is 2. The Morgan fingerprint density at radius 1 is 1.11 bits per heavy atom. The summed E-state index contributed by atoms with van der Waals surface area (Å²) in [6.07, 6.45) is -1.95. The van der Waals surface area contributed by atoms with E-state index in [4.69, 9.17) is 4.74 Å². The highest BCUT2D eigenvalue weighted by Crippen LogP contribution is 2.36. The van der Waals surface area contributed by atoms with Crippen molar-refractivity contribution in [3.05, 3.63) is 64.4 Å². The molecule has 0 unspecified atom stereocenters. The van der Waals surface area contributed by atoms with E-state index < -0.39 is 23.4 Å². The van der Waals surface area contributed by atoms with Crippen molar-refractivity contribution in [2.24, 2.45) is 0 Å². The third kappa shape index (κ3) is 5.51. The zero-order chi connectivity index (χ0) is 25.2. The highest BCUT2D eigenvalue weighted by atomic mass is 19.4. The molecular formula is C26H28F3N3O3. The van der Waals surface area contributed by atoms with Crippen LogP contribution < -0.4 is 10.5 Å². The Kier molecular flexibility index (Phi) is 7.16. The second-order valence-corrected chi connectivity index (χ2v) is 8.91. The van der Waals surface area contributed by atoms with Gasteiger partial charge in [0.25, 0.3) is 5.56 Å². The van der Waals surface area contributed by atoms with Crippen molar-refractivity contribution in [1.82, 2.24) is 9.88 Å². The molecule has 0 saturated carbocycles. The van der Waals surface area contributed by atoms with Crippen molar-refractivity contribution in [2.75, 3.05) is 31.6 Å². The second kappa shape index (κ2) is 10.1. The van der Waals surface area contributed by atoms with E-state index in [1.165, 1.54) is 29.2 Å². The number of hydrogen-bond donors (Lipinski definition) is 1. The average Bonchev–Trinajstić information content (AvgIpc) is 3.18. The van der Waals surface area contributed by atoms with E-state index in [0.29, 0.717) is 24.2 Å². The van der Waals surface area contributed by atoms with Crippen LogP contribution in [-0.2, 0) is 10.9 Å². The molecule has 2 heterocycles. The first-order chi connectivity index (χ1) is 16.7. The minimum atomic E-state index is -4.55. The molecule has 1 aliphatic rings. The smallest absolute Gasteiger partial charge is 0.417 e. The summed E-state index contributed by atoms with van der Waals surface area (Å²) in [5.74, 6) is 0. The van der Waals surface area contributed by atoms with Crippen molar-refractivity contribution < 1.29 is 22.7 Å². The first-order valence-electron chi connectivity index (χ1n) is 11.7. The first-order valence-corrected chi connectivity index (χ1v) is 11.7. The monoisotopic (exact) mass is 487 g/mol. The minimum absolute atomic E-state index is 0.0786. The van der Waals surface area contributed by atoms with Crippen LogP contribution in [0.25, 0.3) is 22.0 Å². The molecule has 1 atom stereocenters. The lowest BCUT2D eigenvalue weighted by Gasteiger charge is -2.19. The number of carbonyl (C=O) groups excluding carboxylic acids is 1. The van der Waals surface area contributed by atoms with Gasteiger partial charge >= 0.3 is 12.3 Å². The fraction of sp³-hybridized carbons (Fsp3) is 0.385. The van der Waals surface area contributed by atoms with E-state index in [2.05, 4.69) is 16.8 Å². The van der Waals surface area contributed by atoms with E-state index in [1.54, 1.807) is 18.2 Å². The average molecular weight is 488 g/mol. The number of halogens is 3. The Hall–Kier alpha value is -3.33. The van der Waals surface area contributed by atoms with Crippen LogP contribution >= 0.6 is 0 Å². The Morgan fingerprint density at radius 3 is 2.63 bits per heavy atom. The number of anilines is 1. The van der Waals surface area contributed by atoms with Crippen LogP contribution in [0.15, 0.2) is 53.3 Å². The molecule has 1 amide bonds. The van der Waals surface area contributed by atoms with Gasteiger partial charge < -0.3 is 14.6 Å². The number of fused-ring (bicyclic) bond motifs is 1.